The molecule has 0 bridgehead atoms. The summed E-state index contributed by atoms with van der Waals surface area (Å²) in [4.78, 5) is 4.74. The second-order valence-electron chi connectivity index (χ2n) is 5.76. The molecule has 0 aromatic carbocycles. The van der Waals surface area contributed by atoms with E-state index in [2.05, 4.69) is 16.6 Å². The van der Waals surface area contributed by atoms with Gasteiger partial charge in [-0.2, -0.15) is 5.10 Å². The van der Waals surface area contributed by atoms with Crippen molar-refractivity contribution in [3.63, 3.8) is 0 Å². The van der Waals surface area contributed by atoms with Crippen LogP contribution in [0.25, 0.3) is 11.2 Å². The van der Waals surface area contributed by atoms with Crippen LogP contribution in [0.5, 0.6) is 0 Å². The van der Waals surface area contributed by atoms with Crippen molar-refractivity contribution >= 4 is 22.8 Å². The van der Waals surface area contributed by atoms with E-state index in [-0.39, 0.29) is 11.5 Å². The van der Waals surface area contributed by atoms with Crippen LogP contribution in [0.2, 0.25) is 0 Å². The van der Waals surface area contributed by atoms with Crippen LogP contribution in [0.15, 0.2) is 0 Å². The lowest BCUT2D eigenvalue weighted by Gasteiger charge is -2.24. The number of hydrogen-bond donors (Lipinski definition) is 0. The molecule has 2 atom stereocenters. The third kappa shape index (κ3) is 2.69. The predicted molar refractivity (Wildman–Crippen MR) is 83.8 cm³/mol. The second kappa shape index (κ2) is 5.97. The summed E-state index contributed by atoms with van der Waals surface area (Å²) in [5, 5.41) is 4.45. The first kappa shape index (κ1) is 14.9. The van der Waals surface area contributed by atoms with Gasteiger partial charge in [-0.1, -0.05) is 0 Å². The molecule has 0 aliphatic carbocycles. The lowest BCUT2D eigenvalue weighted by Crippen LogP contribution is -2.26. The fourth-order valence-corrected chi connectivity index (χ4v) is 3.27. The lowest BCUT2D eigenvalue weighted by molar-refractivity contribution is 0.00601. The number of hydrogen-bond acceptors (Lipinski definition) is 3. The molecule has 2 unspecified atom stereocenters. The maximum absolute atomic E-state index is 6.35. The Hall–Kier alpha value is -1.07. The first-order valence-corrected chi connectivity index (χ1v) is 8.24. The summed E-state index contributed by atoms with van der Waals surface area (Å²) in [5.41, 5.74) is 3.01. The minimum atomic E-state index is -0.120. The van der Waals surface area contributed by atoms with Gasteiger partial charge in [-0.15, -0.1) is 11.6 Å². The molecule has 0 N–H and O–H groups in total. The van der Waals surface area contributed by atoms with Crippen LogP contribution in [0.1, 0.15) is 50.0 Å². The summed E-state index contributed by atoms with van der Waals surface area (Å²) < 4.78 is 10.1. The van der Waals surface area contributed by atoms with E-state index in [1.807, 2.05) is 18.5 Å². The Morgan fingerprint density at radius 2 is 2.24 bits per heavy atom. The maximum Gasteiger partial charge on any atom is 0.159 e. The molecule has 116 valence electrons. The number of rotatable bonds is 4. The standard InChI is InChI=1S/C15H23ClN4O/c1-4-20-15-13(11(3)18-20)17-14(10(2)16)19(15)9-12-7-5-6-8-21-12/h10,12H,4-9H2,1-3H3. The number of fused-ring (bicyclic) bond motifs is 1. The highest BCUT2D eigenvalue weighted by atomic mass is 35.5. The van der Waals surface area contributed by atoms with Crippen molar-refractivity contribution in [3.05, 3.63) is 11.5 Å². The highest BCUT2D eigenvalue weighted by molar-refractivity contribution is 6.20. The van der Waals surface area contributed by atoms with Crippen molar-refractivity contribution in [3.8, 4) is 0 Å². The molecule has 0 radical (unpaired) electrons. The fraction of sp³-hybridized carbons (Fsp3) is 0.733. The third-order valence-corrected chi connectivity index (χ3v) is 4.34. The van der Waals surface area contributed by atoms with Crippen molar-refractivity contribution in [2.75, 3.05) is 6.61 Å². The van der Waals surface area contributed by atoms with Crippen molar-refractivity contribution < 1.29 is 4.74 Å². The molecule has 2 aromatic rings. The van der Waals surface area contributed by atoms with E-state index in [1.165, 1.54) is 12.8 Å². The van der Waals surface area contributed by atoms with Gasteiger partial charge in [-0.25, -0.2) is 9.67 Å². The summed E-state index contributed by atoms with van der Waals surface area (Å²) in [6.45, 7) is 8.59. The van der Waals surface area contributed by atoms with Crippen LogP contribution in [0.3, 0.4) is 0 Å². The molecule has 2 aromatic heterocycles. The number of aryl methyl sites for hydroxylation is 2. The maximum atomic E-state index is 6.35. The zero-order valence-electron chi connectivity index (χ0n) is 13.0. The van der Waals surface area contributed by atoms with Crippen LogP contribution >= 0.6 is 11.6 Å². The highest BCUT2D eigenvalue weighted by Gasteiger charge is 2.24. The van der Waals surface area contributed by atoms with Gasteiger partial charge in [0.05, 0.1) is 23.7 Å². The molecule has 21 heavy (non-hydrogen) atoms. The fourth-order valence-electron chi connectivity index (χ4n) is 3.10. The molecule has 1 aliphatic heterocycles. The predicted octanol–water partition coefficient (Wildman–Crippen LogP) is 3.43. The van der Waals surface area contributed by atoms with E-state index in [4.69, 9.17) is 21.3 Å². The lowest BCUT2D eigenvalue weighted by atomic mass is 10.1. The van der Waals surface area contributed by atoms with Crippen LogP contribution in [-0.2, 0) is 17.8 Å². The molecule has 6 heteroatoms. The van der Waals surface area contributed by atoms with Gasteiger partial charge in [0.1, 0.15) is 11.3 Å². The average molecular weight is 311 g/mol. The quantitative estimate of drug-likeness (QED) is 0.813. The Morgan fingerprint density at radius 3 is 2.86 bits per heavy atom. The summed E-state index contributed by atoms with van der Waals surface area (Å²) in [6, 6.07) is 0. The Balaban J connectivity index is 2.05. The second-order valence-corrected chi connectivity index (χ2v) is 6.41. The Labute approximate surface area is 130 Å². The normalized spacial score (nSPS) is 21.0. The summed E-state index contributed by atoms with van der Waals surface area (Å²) in [5.74, 6) is 0.920. The van der Waals surface area contributed by atoms with E-state index < -0.39 is 0 Å². The van der Waals surface area contributed by atoms with E-state index in [1.54, 1.807) is 0 Å². The third-order valence-electron chi connectivity index (χ3n) is 4.14. The van der Waals surface area contributed by atoms with Crippen LogP contribution < -0.4 is 0 Å². The first-order valence-electron chi connectivity index (χ1n) is 7.81. The number of aromatic nitrogens is 4. The SMILES string of the molecule is CCn1nc(C)c2nc(C(C)Cl)n(CC3CCCCO3)c21. The molecular formula is C15H23ClN4O. The van der Waals surface area contributed by atoms with Gasteiger partial charge in [0, 0.05) is 13.2 Å². The monoisotopic (exact) mass is 310 g/mol. The van der Waals surface area contributed by atoms with Crippen molar-refractivity contribution in [1.82, 2.24) is 19.3 Å². The minimum absolute atomic E-state index is 0.120. The molecule has 0 saturated carbocycles. The van der Waals surface area contributed by atoms with Gasteiger partial charge >= 0.3 is 0 Å². The number of halogens is 1. The van der Waals surface area contributed by atoms with Crippen LogP contribution in [0.4, 0.5) is 0 Å². The number of ether oxygens (including phenoxy) is 1. The van der Waals surface area contributed by atoms with Gasteiger partial charge in [-0.3, -0.25) is 0 Å². The highest BCUT2D eigenvalue weighted by Crippen LogP contribution is 2.28. The van der Waals surface area contributed by atoms with Crippen molar-refractivity contribution in [1.29, 1.82) is 0 Å². The molecule has 3 heterocycles. The number of alkyl halides is 1. The van der Waals surface area contributed by atoms with Crippen LogP contribution in [-0.4, -0.2) is 32.0 Å². The molecule has 5 nitrogen and oxygen atoms in total. The number of nitrogens with zero attached hydrogens (tertiary/aromatic N) is 4. The van der Waals surface area contributed by atoms with E-state index in [0.29, 0.717) is 0 Å². The van der Waals surface area contributed by atoms with Gasteiger partial charge in [0.25, 0.3) is 0 Å². The zero-order valence-corrected chi connectivity index (χ0v) is 13.7. The van der Waals surface area contributed by atoms with E-state index in [0.717, 1.165) is 48.8 Å². The Morgan fingerprint density at radius 1 is 1.43 bits per heavy atom. The van der Waals surface area contributed by atoms with Gasteiger partial charge in [-0.05, 0) is 40.0 Å². The molecule has 0 spiro atoms. The topological polar surface area (TPSA) is 44.9 Å². The largest absolute Gasteiger partial charge is 0.376 e. The van der Waals surface area contributed by atoms with Crippen molar-refractivity contribution in [2.45, 2.75) is 64.6 Å². The Kier molecular flexibility index (Phi) is 4.22. The summed E-state index contributed by atoms with van der Waals surface area (Å²) >= 11 is 6.35. The molecular weight excluding hydrogens is 288 g/mol. The average Bonchev–Trinajstić information content (AvgIpc) is 2.99. The van der Waals surface area contributed by atoms with E-state index in [9.17, 15) is 0 Å². The van der Waals surface area contributed by atoms with Gasteiger partial charge in [0.15, 0.2) is 5.65 Å². The molecule has 1 saturated heterocycles. The molecule has 1 fully saturated rings. The van der Waals surface area contributed by atoms with Gasteiger partial charge < -0.3 is 9.30 Å². The van der Waals surface area contributed by atoms with Gasteiger partial charge in [0.2, 0.25) is 0 Å². The molecule has 0 amide bonds. The van der Waals surface area contributed by atoms with Crippen molar-refractivity contribution in [2.24, 2.45) is 0 Å². The molecule has 1 aliphatic rings. The first-order chi connectivity index (χ1) is 10.1. The minimum Gasteiger partial charge on any atom is -0.376 e. The summed E-state index contributed by atoms with van der Waals surface area (Å²) in [6.07, 6.45) is 3.77. The molecule has 3 rings (SSSR count). The number of imidazole rings is 1. The smallest absolute Gasteiger partial charge is 0.159 e. The van der Waals surface area contributed by atoms with Crippen LogP contribution in [0, 0.1) is 6.92 Å². The van der Waals surface area contributed by atoms with E-state index >= 15 is 0 Å². The summed E-state index contributed by atoms with van der Waals surface area (Å²) in [7, 11) is 0. The zero-order chi connectivity index (χ0) is 15.0. The Bertz CT molecular complexity index is 625.